The SMILES string of the molecule is CC1CN(Cc2ccc[nH]2)CC(C)O1. The summed E-state index contributed by atoms with van der Waals surface area (Å²) in [6.07, 6.45) is 2.69. The van der Waals surface area contributed by atoms with Crippen molar-refractivity contribution < 1.29 is 4.74 Å². The van der Waals surface area contributed by atoms with Crippen LogP contribution in [0.3, 0.4) is 0 Å². The van der Waals surface area contributed by atoms with Gasteiger partial charge in [0.1, 0.15) is 0 Å². The average molecular weight is 194 g/mol. The van der Waals surface area contributed by atoms with E-state index < -0.39 is 0 Å². The van der Waals surface area contributed by atoms with Crippen LogP contribution in [0.4, 0.5) is 0 Å². The van der Waals surface area contributed by atoms with Gasteiger partial charge in [0, 0.05) is 31.5 Å². The molecule has 0 amide bonds. The zero-order valence-electron chi connectivity index (χ0n) is 8.86. The summed E-state index contributed by atoms with van der Waals surface area (Å²) in [6.45, 7) is 7.34. The summed E-state index contributed by atoms with van der Waals surface area (Å²) in [7, 11) is 0. The van der Waals surface area contributed by atoms with Gasteiger partial charge in [-0.25, -0.2) is 0 Å². The van der Waals surface area contributed by atoms with Gasteiger partial charge < -0.3 is 9.72 Å². The number of nitrogens with one attached hydrogen (secondary N) is 1. The second-order valence-corrected chi connectivity index (χ2v) is 4.15. The third-order valence-electron chi connectivity index (χ3n) is 2.55. The lowest BCUT2D eigenvalue weighted by molar-refractivity contribution is -0.0707. The molecular weight excluding hydrogens is 176 g/mol. The predicted molar refractivity (Wildman–Crippen MR) is 56.1 cm³/mol. The van der Waals surface area contributed by atoms with Crippen LogP contribution in [0.5, 0.6) is 0 Å². The molecule has 2 heterocycles. The summed E-state index contributed by atoms with van der Waals surface area (Å²) in [4.78, 5) is 5.67. The molecule has 0 radical (unpaired) electrons. The molecule has 14 heavy (non-hydrogen) atoms. The molecule has 1 aliphatic rings. The van der Waals surface area contributed by atoms with E-state index in [1.807, 2.05) is 12.3 Å². The molecule has 0 aromatic carbocycles. The van der Waals surface area contributed by atoms with E-state index in [-0.39, 0.29) is 0 Å². The first-order valence-corrected chi connectivity index (χ1v) is 5.24. The molecule has 1 saturated heterocycles. The monoisotopic (exact) mass is 194 g/mol. The van der Waals surface area contributed by atoms with Gasteiger partial charge in [0.25, 0.3) is 0 Å². The summed E-state index contributed by atoms with van der Waals surface area (Å²) >= 11 is 0. The minimum absolute atomic E-state index is 0.355. The molecule has 3 nitrogen and oxygen atoms in total. The number of morpholine rings is 1. The fraction of sp³-hybridized carbons (Fsp3) is 0.636. The largest absolute Gasteiger partial charge is 0.373 e. The fourth-order valence-electron chi connectivity index (χ4n) is 2.12. The van der Waals surface area contributed by atoms with Crippen molar-refractivity contribution in [3.63, 3.8) is 0 Å². The highest BCUT2D eigenvalue weighted by atomic mass is 16.5. The molecule has 2 unspecified atom stereocenters. The molecule has 1 fully saturated rings. The maximum Gasteiger partial charge on any atom is 0.0678 e. The number of rotatable bonds is 2. The van der Waals surface area contributed by atoms with Crippen LogP contribution in [0, 0.1) is 0 Å². The molecule has 1 aromatic heterocycles. The summed E-state index contributed by atoms with van der Waals surface area (Å²) in [6, 6.07) is 4.17. The van der Waals surface area contributed by atoms with Crippen LogP contribution >= 0.6 is 0 Å². The van der Waals surface area contributed by atoms with Crippen molar-refractivity contribution in [3.8, 4) is 0 Å². The van der Waals surface area contributed by atoms with E-state index in [9.17, 15) is 0 Å². The number of ether oxygens (including phenoxy) is 1. The molecule has 2 atom stereocenters. The zero-order valence-corrected chi connectivity index (χ0v) is 8.86. The van der Waals surface area contributed by atoms with E-state index in [4.69, 9.17) is 4.74 Å². The van der Waals surface area contributed by atoms with Crippen molar-refractivity contribution in [2.24, 2.45) is 0 Å². The Morgan fingerprint density at radius 2 is 2.14 bits per heavy atom. The van der Waals surface area contributed by atoms with E-state index in [1.165, 1.54) is 5.69 Å². The summed E-state index contributed by atoms with van der Waals surface area (Å²) < 4.78 is 5.68. The average Bonchev–Trinajstić information content (AvgIpc) is 2.54. The second kappa shape index (κ2) is 4.15. The van der Waals surface area contributed by atoms with Crippen LogP contribution < -0.4 is 0 Å². The Bertz CT molecular complexity index is 261. The molecule has 2 rings (SSSR count). The van der Waals surface area contributed by atoms with Crippen LogP contribution in [-0.4, -0.2) is 35.2 Å². The molecule has 1 aliphatic heterocycles. The first-order chi connectivity index (χ1) is 6.74. The standard InChI is InChI=1S/C11H18N2O/c1-9-6-13(7-10(2)14-9)8-11-4-3-5-12-11/h3-5,9-10,12H,6-8H2,1-2H3. The van der Waals surface area contributed by atoms with E-state index in [0.717, 1.165) is 19.6 Å². The van der Waals surface area contributed by atoms with E-state index in [1.54, 1.807) is 0 Å². The third-order valence-corrected chi connectivity index (χ3v) is 2.55. The minimum atomic E-state index is 0.355. The van der Waals surface area contributed by atoms with Gasteiger partial charge in [-0.2, -0.15) is 0 Å². The normalized spacial score (nSPS) is 29.3. The summed E-state index contributed by atoms with van der Waals surface area (Å²) in [5, 5.41) is 0. The number of nitrogens with zero attached hydrogens (tertiary/aromatic N) is 1. The first kappa shape index (κ1) is 9.74. The summed E-state index contributed by atoms with van der Waals surface area (Å²) in [5.41, 5.74) is 1.28. The van der Waals surface area contributed by atoms with Crippen LogP contribution in [0.25, 0.3) is 0 Å². The number of aromatic nitrogens is 1. The predicted octanol–water partition coefficient (Wildman–Crippen LogP) is 1.62. The lowest BCUT2D eigenvalue weighted by Crippen LogP contribution is -2.44. The molecular formula is C11H18N2O. The van der Waals surface area contributed by atoms with Gasteiger partial charge in [0.05, 0.1) is 12.2 Å². The molecule has 1 N–H and O–H groups in total. The van der Waals surface area contributed by atoms with Crippen molar-refractivity contribution in [3.05, 3.63) is 24.0 Å². The topological polar surface area (TPSA) is 28.3 Å². The Labute approximate surface area is 85.1 Å². The number of aromatic amines is 1. The highest BCUT2D eigenvalue weighted by Crippen LogP contribution is 2.12. The summed E-state index contributed by atoms with van der Waals surface area (Å²) in [5.74, 6) is 0. The number of hydrogen-bond donors (Lipinski definition) is 1. The van der Waals surface area contributed by atoms with Crippen LogP contribution in [0.15, 0.2) is 18.3 Å². The smallest absolute Gasteiger partial charge is 0.0678 e. The maximum absolute atomic E-state index is 5.68. The lowest BCUT2D eigenvalue weighted by Gasteiger charge is -2.34. The second-order valence-electron chi connectivity index (χ2n) is 4.15. The Balaban J connectivity index is 1.91. The Hall–Kier alpha value is -0.800. The highest BCUT2D eigenvalue weighted by molar-refractivity contribution is 5.03. The molecule has 0 bridgehead atoms. The van der Waals surface area contributed by atoms with E-state index in [2.05, 4.69) is 29.8 Å². The Kier molecular flexibility index (Phi) is 2.89. The van der Waals surface area contributed by atoms with Crippen LogP contribution in [0.2, 0.25) is 0 Å². The molecule has 1 aromatic rings. The molecule has 78 valence electrons. The minimum Gasteiger partial charge on any atom is -0.373 e. The van der Waals surface area contributed by atoms with Crippen LogP contribution in [-0.2, 0) is 11.3 Å². The van der Waals surface area contributed by atoms with Crippen LogP contribution in [0.1, 0.15) is 19.5 Å². The first-order valence-electron chi connectivity index (χ1n) is 5.24. The quantitative estimate of drug-likeness (QED) is 0.775. The van der Waals surface area contributed by atoms with E-state index >= 15 is 0 Å². The third kappa shape index (κ3) is 2.36. The van der Waals surface area contributed by atoms with Crippen molar-refractivity contribution in [1.29, 1.82) is 0 Å². The van der Waals surface area contributed by atoms with Gasteiger partial charge in [-0.1, -0.05) is 0 Å². The molecule has 3 heteroatoms. The number of hydrogen-bond acceptors (Lipinski definition) is 2. The zero-order chi connectivity index (χ0) is 9.97. The van der Waals surface area contributed by atoms with Gasteiger partial charge in [0.2, 0.25) is 0 Å². The van der Waals surface area contributed by atoms with Crippen molar-refractivity contribution >= 4 is 0 Å². The van der Waals surface area contributed by atoms with Gasteiger partial charge in [-0.3, -0.25) is 4.90 Å². The van der Waals surface area contributed by atoms with Gasteiger partial charge in [-0.15, -0.1) is 0 Å². The Morgan fingerprint density at radius 3 is 2.71 bits per heavy atom. The van der Waals surface area contributed by atoms with Gasteiger partial charge in [0.15, 0.2) is 0 Å². The van der Waals surface area contributed by atoms with Crippen molar-refractivity contribution in [1.82, 2.24) is 9.88 Å². The van der Waals surface area contributed by atoms with Crippen molar-refractivity contribution in [2.45, 2.75) is 32.6 Å². The van der Waals surface area contributed by atoms with E-state index in [0.29, 0.717) is 12.2 Å². The van der Waals surface area contributed by atoms with Crippen molar-refractivity contribution in [2.75, 3.05) is 13.1 Å². The Morgan fingerprint density at radius 1 is 1.43 bits per heavy atom. The number of H-pyrrole nitrogens is 1. The lowest BCUT2D eigenvalue weighted by atomic mass is 10.2. The maximum atomic E-state index is 5.68. The highest BCUT2D eigenvalue weighted by Gasteiger charge is 2.21. The van der Waals surface area contributed by atoms with Gasteiger partial charge in [-0.05, 0) is 26.0 Å². The molecule has 0 aliphatic carbocycles. The fourth-order valence-corrected chi connectivity index (χ4v) is 2.12. The molecule has 0 spiro atoms. The van der Waals surface area contributed by atoms with Gasteiger partial charge >= 0.3 is 0 Å². The molecule has 0 saturated carbocycles.